The molecule has 0 atom stereocenters. The number of aromatic nitrogens is 2. The monoisotopic (exact) mass is 890 g/mol. The van der Waals surface area contributed by atoms with Gasteiger partial charge < -0.3 is 33.9 Å². The molecular formula is C42H55ClF4N8O5Si. The van der Waals surface area contributed by atoms with Crippen molar-refractivity contribution in [2.45, 2.75) is 51.7 Å². The lowest BCUT2D eigenvalue weighted by Gasteiger charge is -2.36. The third kappa shape index (κ3) is 14.1. The second-order valence-electron chi connectivity index (χ2n) is 16.0. The number of benzene rings is 2. The molecule has 2 aromatic carbocycles. The third-order valence-corrected chi connectivity index (χ3v) is 15.0. The highest BCUT2D eigenvalue weighted by Crippen LogP contribution is 2.37. The topological polar surface area (TPSA) is 136 Å². The van der Waals surface area contributed by atoms with Crippen molar-refractivity contribution in [1.29, 1.82) is 0 Å². The minimum Gasteiger partial charge on any atom is -0.542 e. The number of ether oxygens (including phenoxy) is 1. The van der Waals surface area contributed by atoms with Gasteiger partial charge in [-0.25, -0.2) is 37.1 Å². The number of hydrogen-bond donors (Lipinski definition) is 3. The van der Waals surface area contributed by atoms with Crippen LogP contribution < -0.4 is 24.9 Å². The quantitative estimate of drug-likeness (QED) is 0.128. The normalized spacial score (nSPS) is 15.4. The van der Waals surface area contributed by atoms with Crippen LogP contribution in [-0.4, -0.2) is 111 Å². The molecule has 0 unspecified atom stereocenters. The van der Waals surface area contributed by atoms with Gasteiger partial charge in [0, 0.05) is 77.7 Å². The van der Waals surface area contributed by atoms with Crippen molar-refractivity contribution < 1.29 is 41.4 Å². The van der Waals surface area contributed by atoms with Gasteiger partial charge in [0.2, 0.25) is 0 Å². The number of urea groups is 2. The fourth-order valence-electron chi connectivity index (χ4n) is 6.09. The third-order valence-electron chi connectivity index (χ3n) is 10.6. The molecule has 3 saturated heterocycles. The molecule has 4 aromatic rings. The first-order chi connectivity index (χ1) is 28.5. The van der Waals surface area contributed by atoms with Crippen LogP contribution in [0.4, 0.5) is 50.2 Å². The lowest BCUT2D eigenvalue weighted by atomic mass is 10.2. The maximum absolute atomic E-state index is 14.0. The number of halogens is 5. The van der Waals surface area contributed by atoms with E-state index in [-0.39, 0.29) is 35.3 Å². The fourth-order valence-corrected chi connectivity index (χ4v) is 7.10. The minimum atomic E-state index is -1.95. The molecule has 0 spiro atoms. The summed E-state index contributed by atoms with van der Waals surface area (Å²) in [6, 6.07) is 12.9. The number of aromatic hydroxyl groups is 1. The Morgan fingerprint density at radius 2 is 1.13 bits per heavy atom. The smallest absolute Gasteiger partial charge is 0.323 e. The molecule has 332 valence electrons. The largest absolute Gasteiger partial charge is 0.542 e. The van der Waals surface area contributed by atoms with Crippen molar-refractivity contribution in [1.82, 2.24) is 19.8 Å². The lowest BCUT2D eigenvalue weighted by Crippen LogP contribution is -2.50. The molecule has 7 rings (SSSR count). The molecule has 0 aliphatic carbocycles. The highest BCUT2D eigenvalue weighted by Gasteiger charge is 2.39. The van der Waals surface area contributed by atoms with Gasteiger partial charge in [-0.1, -0.05) is 20.8 Å². The summed E-state index contributed by atoms with van der Waals surface area (Å²) in [5, 5.41) is 14.7. The Bertz CT molecular complexity index is 2020. The van der Waals surface area contributed by atoms with Gasteiger partial charge in [-0.3, -0.25) is 10.6 Å². The van der Waals surface area contributed by atoms with Crippen LogP contribution in [0.2, 0.25) is 18.1 Å². The van der Waals surface area contributed by atoms with E-state index in [0.29, 0.717) is 81.1 Å². The molecule has 5 heterocycles. The van der Waals surface area contributed by atoms with E-state index in [1.165, 1.54) is 55.4 Å². The second-order valence-corrected chi connectivity index (χ2v) is 20.7. The summed E-state index contributed by atoms with van der Waals surface area (Å²) in [7, 11) is -1.95. The van der Waals surface area contributed by atoms with E-state index in [1.54, 1.807) is 27.0 Å². The van der Waals surface area contributed by atoms with E-state index < -0.39 is 31.6 Å². The lowest BCUT2D eigenvalue weighted by molar-refractivity contribution is 0.198. The van der Waals surface area contributed by atoms with Gasteiger partial charge in [-0.2, -0.15) is 0 Å². The molecule has 3 N–H and O–H groups in total. The number of nitrogens with zero attached hydrogens (tertiary/aromatic N) is 6. The van der Waals surface area contributed by atoms with Gasteiger partial charge >= 0.3 is 12.1 Å². The van der Waals surface area contributed by atoms with Crippen LogP contribution in [0.5, 0.6) is 11.5 Å². The Kier molecular flexibility index (Phi) is 17.4. The Labute approximate surface area is 361 Å². The predicted molar refractivity (Wildman–Crippen MR) is 234 cm³/mol. The van der Waals surface area contributed by atoms with Crippen LogP contribution in [0, 0.1) is 23.3 Å². The molecule has 3 fully saturated rings. The van der Waals surface area contributed by atoms with Crippen LogP contribution in [0.3, 0.4) is 0 Å². The SMILES string of the molecule is C1CCOC1.CC(C)(C)[Si](C)(C)Oc1ccc(NC(=O)N2CCN(c3ccc(F)cc3F)CC2)nc1.Cl.O=C(Nc1ccc(O)cn1)N1CCN(c2ccc(F)cc2F)CC1. The minimum absolute atomic E-state index is 0. The summed E-state index contributed by atoms with van der Waals surface area (Å²) in [4.78, 5) is 39.8. The number of carbonyl (C=O) groups is 2. The Balaban J connectivity index is 0.000000242. The van der Waals surface area contributed by atoms with Crippen molar-refractivity contribution >= 4 is 55.8 Å². The standard InChI is InChI=1S/C22H30F2N4O2Si.C16H16F2N4O2.C4H8O.ClH/c1-22(2,3)31(4,5)30-17-7-9-20(25-15-17)26-21(29)28-12-10-27(11-13-28)19-8-6-16(23)14-18(19)24;17-11-1-3-14(13(18)9-11)21-5-7-22(8-6-21)16(24)20-15-4-2-12(23)10-19-15;1-2-4-5-3-1;/h6-9,14-15H,10-13H2,1-5H3,(H,25,26,29);1-4,9-10,23H,5-8H2,(H,19,20,24);1-4H2;1H. The average molecular weight is 891 g/mol. The zero-order valence-corrected chi connectivity index (χ0v) is 36.9. The number of nitrogens with one attached hydrogen (secondary N) is 2. The Morgan fingerprint density at radius 3 is 1.48 bits per heavy atom. The molecule has 0 radical (unpaired) electrons. The Hall–Kier alpha value is -5.33. The van der Waals surface area contributed by atoms with E-state index in [2.05, 4.69) is 54.5 Å². The molecule has 0 bridgehead atoms. The van der Waals surface area contributed by atoms with Gasteiger partial charge in [0.05, 0.1) is 23.8 Å². The van der Waals surface area contributed by atoms with Crippen LogP contribution in [0.1, 0.15) is 33.6 Å². The summed E-state index contributed by atoms with van der Waals surface area (Å²) < 4.78 is 65.0. The highest BCUT2D eigenvalue weighted by molar-refractivity contribution is 6.74. The zero-order chi connectivity index (χ0) is 43.5. The molecule has 61 heavy (non-hydrogen) atoms. The summed E-state index contributed by atoms with van der Waals surface area (Å²) in [5.41, 5.74) is 0.678. The number of piperazine rings is 2. The van der Waals surface area contributed by atoms with Crippen LogP contribution in [-0.2, 0) is 4.74 Å². The van der Waals surface area contributed by atoms with Gasteiger partial charge in [0.1, 0.15) is 46.4 Å². The molecule has 3 aliphatic rings. The summed E-state index contributed by atoms with van der Waals surface area (Å²) in [6.45, 7) is 16.3. The summed E-state index contributed by atoms with van der Waals surface area (Å²) in [5.74, 6) is -0.932. The maximum atomic E-state index is 14.0. The number of anilines is 4. The van der Waals surface area contributed by atoms with E-state index >= 15 is 0 Å². The Morgan fingerprint density at radius 1 is 0.689 bits per heavy atom. The summed E-state index contributed by atoms with van der Waals surface area (Å²) in [6.07, 6.45) is 5.43. The molecule has 4 amide bonds. The first-order valence-electron chi connectivity index (χ1n) is 19.9. The number of carbonyl (C=O) groups excluding carboxylic acids is 2. The van der Waals surface area contributed by atoms with E-state index in [9.17, 15) is 32.3 Å². The van der Waals surface area contributed by atoms with Crippen LogP contribution in [0.15, 0.2) is 73.1 Å². The summed E-state index contributed by atoms with van der Waals surface area (Å²) >= 11 is 0. The van der Waals surface area contributed by atoms with E-state index in [4.69, 9.17) is 9.16 Å². The van der Waals surface area contributed by atoms with Crippen molar-refractivity contribution in [2.24, 2.45) is 0 Å². The number of hydrogen-bond acceptors (Lipinski definition) is 9. The van der Waals surface area contributed by atoms with Crippen LogP contribution in [0.25, 0.3) is 0 Å². The molecule has 3 aliphatic heterocycles. The van der Waals surface area contributed by atoms with Crippen molar-refractivity contribution in [3.05, 3.63) is 96.3 Å². The molecule has 0 saturated carbocycles. The number of rotatable bonds is 6. The molecule has 19 heteroatoms. The van der Waals surface area contributed by atoms with Crippen molar-refractivity contribution in [3.63, 3.8) is 0 Å². The molecule has 2 aromatic heterocycles. The first kappa shape index (κ1) is 48.3. The second kappa shape index (κ2) is 22.0. The predicted octanol–water partition coefficient (Wildman–Crippen LogP) is 8.74. The number of pyridine rings is 2. The first-order valence-corrected chi connectivity index (χ1v) is 22.8. The maximum Gasteiger partial charge on any atom is 0.323 e. The molecular weight excluding hydrogens is 836 g/mol. The van der Waals surface area contributed by atoms with E-state index in [0.717, 1.165) is 25.3 Å². The van der Waals surface area contributed by atoms with Crippen LogP contribution >= 0.6 is 12.4 Å². The number of amides is 4. The van der Waals surface area contributed by atoms with Gasteiger partial charge in [-0.05, 0) is 79.5 Å². The van der Waals surface area contributed by atoms with Crippen molar-refractivity contribution in [2.75, 3.05) is 86.0 Å². The molecule has 13 nitrogen and oxygen atoms in total. The zero-order valence-electron chi connectivity index (χ0n) is 35.1. The van der Waals surface area contributed by atoms with Crippen molar-refractivity contribution in [3.8, 4) is 11.5 Å². The van der Waals surface area contributed by atoms with Gasteiger partial charge in [-0.15, -0.1) is 12.4 Å². The van der Waals surface area contributed by atoms with Gasteiger partial charge in [0.25, 0.3) is 8.32 Å². The fraction of sp³-hybridized carbons (Fsp3) is 0.429. The van der Waals surface area contributed by atoms with E-state index in [1.807, 2.05) is 11.0 Å². The highest BCUT2D eigenvalue weighted by atomic mass is 35.5. The average Bonchev–Trinajstić information content (AvgIpc) is 3.80. The van der Waals surface area contributed by atoms with Gasteiger partial charge in [0.15, 0.2) is 0 Å².